The highest BCUT2D eigenvalue weighted by molar-refractivity contribution is 7.98. The van der Waals surface area contributed by atoms with Gasteiger partial charge in [0.25, 0.3) is 0 Å². The predicted octanol–water partition coefficient (Wildman–Crippen LogP) is 8.34. The van der Waals surface area contributed by atoms with Crippen LogP contribution in [0, 0.1) is 31.0 Å². The third kappa shape index (κ3) is 6.79. The summed E-state index contributed by atoms with van der Waals surface area (Å²) in [6.45, 7) is 4.12. The number of hydrogen-bond donors (Lipinski definition) is 0. The Labute approximate surface area is 210 Å². The van der Waals surface area contributed by atoms with E-state index in [2.05, 4.69) is 68.4 Å². The van der Waals surface area contributed by atoms with Gasteiger partial charge in [-0.15, -0.1) is 11.8 Å². The molecule has 172 valence electrons. The summed E-state index contributed by atoms with van der Waals surface area (Å²) in [6, 6.07) is 27.2. The molecule has 0 radical (unpaired) electrons. The zero-order chi connectivity index (χ0) is 24.6. The Morgan fingerprint density at radius 1 is 0.800 bits per heavy atom. The van der Waals surface area contributed by atoms with Crippen molar-refractivity contribution in [2.75, 3.05) is 0 Å². The fraction of sp³-hybridized carbons (Fsp3) is 0.0968. The molecule has 1 heterocycles. The number of halogens is 1. The maximum atomic E-state index is 13.3. The van der Waals surface area contributed by atoms with Gasteiger partial charge in [0.05, 0.1) is 11.3 Å². The van der Waals surface area contributed by atoms with Crippen molar-refractivity contribution in [1.82, 2.24) is 4.98 Å². The topological polar surface area (TPSA) is 36.7 Å². The largest absolute Gasteiger partial charge is 0.241 e. The fourth-order valence-electron chi connectivity index (χ4n) is 3.45. The molecule has 0 saturated heterocycles. The van der Waals surface area contributed by atoms with Crippen molar-refractivity contribution in [2.24, 2.45) is 0 Å². The smallest absolute Gasteiger partial charge is 0.123 e. The van der Waals surface area contributed by atoms with Crippen LogP contribution in [0.25, 0.3) is 24.3 Å². The van der Waals surface area contributed by atoms with Crippen LogP contribution >= 0.6 is 11.8 Å². The molecule has 0 aliphatic carbocycles. The van der Waals surface area contributed by atoms with E-state index in [0.29, 0.717) is 16.3 Å². The van der Waals surface area contributed by atoms with Crippen molar-refractivity contribution in [3.8, 4) is 6.07 Å². The quantitative estimate of drug-likeness (QED) is 0.252. The molecule has 0 atom stereocenters. The van der Waals surface area contributed by atoms with Crippen LogP contribution in [0.2, 0.25) is 0 Å². The molecular weight excluding hydrogens is 451 g/mol. The monoisotopic (exact) mass is 476 g/mol. The number of nitriles is 1. The Balaban J connectivity index is 1.69. The molecule has 0 spiro atoms. The molecule has 4 rings (SSSR count). The van der Waals surface area contributed by atoms with Crippen molar-refractivity contribution in [1.29, 1.82) is 5.26 Å². The number of benzene rings is 3. The zero-order valence-electron chi connectivity index (χ0n) is 19.7. The Hall–Kier alpha value is -3.94. The summed E-state index contributed by atoms with van der Waals surface area (Å²) < 4.78 is 13.3. The third-order valence-corrected chi connectivity index (χ3v) is 6.54. The molecule has 3 aromatic carbocycles. The standard InChI is InChI=1S/C31H25FN2S/c1-22-3-7-24(8-4-22)11-15-27-19-29(18-14-25-9-5-23(2)6-10-25)34-31(30(27)20-33)35-21-26-12-16-28(32)17-13-26/h3-19H,21H2,1-2H3/b15-11-,18-14+. The second-order valence-electron chi connectivity index (χ2n) is 8.33. The van der Waals surface area contributed by atoms with E-state index in [4.69, 9.17) is 4.98 Å². The van der Waals surface area contributed by atoms with E-state index >= 15 is 0 Å². The van der Waals surface area contributed by atoms with Crippen molar-refractivity contribution in [3.05, 3.63) is 129 Å². The molecule has 0 aliphatic rings. The lowest BCUT2D eigenvalue weighted by atomic mass is 10.1. The summed E-state index contributed by atoms with van der Waals surface area (Å²) in [5, 5.41) is 10.6. The van der Waals surface area contributed by atoms with Crippen LogP contribution < -0.4 is 0 Å². The normalized spacial score (nSPS) is 11.3. The van der Waals surface area contributed by atoms with E-state index in [9.17, 15) is 9.65 Å². The minimum Gasteiger partial charge on any atom is -0.241 e. The van der Waals surface area contributed by atoms with Crippen LogP contribution in [0.3, 0.4) is 0 Å². The maximum absolute atomic E-state index is 13.3. The van der Waals surface area contributed by atoms with Gasteiger partial charge >= 0.3 is 0 Å². The van der Waals surface area contributed by atoms with Gasteiger partial charge in [-0.1, -0.05) is 90.0 Å². The van der Waals surface area contributed by atoms with Crippen molar-refractivity contribution in [2.45, 2.75) is 24.6 Å². The highest BCUT2D eigenvalue weighted by atomic mass is 32.2. The van der Waals surface area contributed by atoms with Crippen LogP contribution in [-0.4, -0.2) is 4.98 Å². The van der Waals surface area contributed by atoms with Crippen LogP contribution in [0.1, 0.15) is 44.6 Å². The van der Waals surface area contributed by atoms with Gasteiger partial charge in [0.2, 0.25) is 0 Å². The first-order valence-corrected chi connectivity index (χ1v) is 12.3. The first-order chi connectivity index (χ1) is 17.0. The summed E-state index contributed by atoms with van der Waals surface area (Å²) in [7, 11) is 0. The lowest BCUT2D eigenvalue weighted by molar-refractivity contribution is 0.627. The molecule has 0 amide bonds. The summed E-state index contributed by atoms with van der Waals surface area (Å²) in [4.78, 5) is 4.78. The van der Waals surface area contributed by atoms with Crippen LogP contribution in [0.5, 0.6) is 0 Å². The molecule has 35 heavy (non-hydrogen) atoms. The van der Waals surface area contributed by atoms with Crippen molar-refractivity contribution >= 4 is 36.1 Å². The molecule has 0 unspecified atom stereocenters. The van der Waals surface area contributed by atoms with Gasteiger partial charge in [-0.3, -0.25) is 0 Å². The lowest BCUT2D eigenvalue weighted by Crippen LogP contribution is -1.95. The molecule has 2 nitrogen and oxygen atoms in total. The first-order valence-electron chi connectivity index (χ1n) is 11.3. The maximum Gasteiger partial charge on any atom is 0.123 e. The van der Waals surface area contributed by atoms with Crippen LogP contribution in [0.15, 0.2) is 83.9 Å². The second-order valence-corrected chi connectivity index (χ2v) is 9.30. The summed E-state index contributed by atoms with van der Waals surface area (Å²) in [5.74, 6) is 0.329. The lowest BCUT2D eigenvalue weighted by Gasteiger charge is -2.09. The van der Waals surface area contributed by atoms with Gasteiger partial charge < -0.3 is 0 Å². The average molecular weight is 477 g/mol. The molecule has 0 fully saturated rings. The fourth-order valence-corrected chi connectivity index (χ4v) is 4.42. The molecule has 0 saturated carbocycles. The number of pyridine rings is 1. The van der Waals surface area contributed by atoms with E-state index in [-0.39, 0.29) is 5.82 Å². The average Bonchev–Trinajstić information content (AvgIpc) is 2.87. The van der Waals surface area contributed by atoms with Gasteiger partial charge in [-0.2, -0.15) is 5.26 Å². The minimum atomic E-state index is -0.263. The number of nitrogens with zero attached hydrogens (tertiary/aromatic N) is 2. The number of aryl methyl sites for hydroxylation is 2. The van der Waals surface area contributed by atoms with Crippen LogP contribution in [0.4, 0.5) is 4.39 Å². The van der Waals surface area contributed by atoms with Gasteiger partial charge in [-0.25, -0.2) is 9.37 Å². The molecule has 0 aliphatic heterocycles. The van der Waals surface area contributed by atoms with Gasteiger partial charge in [-0.05, 0) is 60.4 Å². The molecular formula is C31H25FN2S. The van der Waals surface area contributed by atoms with E-state index in [1.807, 2.05) is 30.4 Å². The number of aromatic nitrogens is 1. The third-order valence-electron chi connectivity index (χ3n) is 5.49. The van der Waals surface area contributed by atoms with Gasteiger partial charge in [0.1, 0.15) is 16.9 Å². The van der Waals surface area contributed by atoms with E-state index in [1.165, 1.54) is 35.0 Å². The van der Waals surface area contributed by atoms with Gasteiger partial charge in [0.15, 0.2) is 0 Å². The number of rotatable bonds is 7. The van der Waals surface area contributed by atoms with Crippen molar-refractivity contribution in [3.63, 3.8) is 0 Å². The SMILES string of the molecule is Cc1ccc(/C=C\c2cc(/C=C/c3ccc(C)cc3)nc(SCc3ccc(F)cc3)c2C#N)cc1. The molecule has 4 aromatic rings. The molecule has 0 bridgehead atoms. The zero-order valence-corrected chi connectivity index (χ0v) is 20.5. The Kier molecular flexibility index (Phi) is 7.92. The Morgan fingerprint density at radius 2 is 1.37 bits per heavy atom. The number of thioether (sulfide) groups is 1. The highest BCUT2D eigenvalue weighted by Crippen LogP contribution is 2.29. The summed E-state index contributed by atoms with van der Waals surface area (Å²) in [6.07, 6.45) is 7.97. The molecule has 0 N–H and O–H groups in total. The number of hydrogen-bond acceptors (Lipinski definition) is 3. The minimum absolute atomic E-state index is 0.263. The van der Waals surface area contributed by atoms with E-state index < -0.39 is 0 Å². The van der Waals surface area contributed by atoms with Crippen molar-refractivity contribution < 1.29 is 4.39 Å². The first kappa shape index (κ1) is 24.2. The molecule has 4 heteroatoms. The molecule has 1 aromatic heterocycles. The predicted molar refractivity (Wildman–Crippen MR) is 145 cm³/mol. The highest BCUT2D eigenvalue weighted by Gasteiger charge is 2.12. The summed E-state index contributed by atoms with van der Waals surface area (Å²) >= 11 is 1.48. The van der Waals surface area contributed by atoms with Crippen LogP contribution in [-0.2, 0) is 5.75 Å². The Bertz CT molecular complexity index is 1400. The van der Waals surface area contributed by atoms with E-state index in [1.54, 1.807) is 12.1 Å². The Morgan fingerprint density at radius 3 is 1.94 bits per heavy atom. The second kappa shape index (κ2) is 11.5. The summed E-state index contributed by atoms with van der Waals surface area (Å²) in [5.41, 5.74) is 7.65. The van der Waals surface area contributed by atoms with Gasteiger partial charge in [0, 0.05) is 5.75 Å². The van der Waals surface area contributed by atoms with E-state index in [0.717, 1.165) is 27.9 Å².